The van der Waals surface area contributed by atoms with E-state index in [-0.39, 0.29) is 18.4 Å². The van der Waals surface area contributed by atoms with E-state index in [2.05, 4.69) is 10.6 Å². The average molecular weight is 535 g/mol. The van der Waals surface area contributed by atoms with Crippen molar-refractivity contribution in [2.75, 3.05) is 5.32 Å². The number of hydrogen-bond donors (Lipinski definition) is 4. The van der Waals surface area contributed by atoms with Gasteiger partial charge in [-0.1, -0.05) is 38.1 Å². The molecule has 204 valence electrons. The zero-order valence-electron chi connectivity index (χ0n) is 21.1. The number of para-hydroxylation sites is 1. The molecule has 38 heavy (non-hydrogen) atoms. The fourth-order valence-corrected chi connectivity index (χ4v) is 4.88. The zero-order chi connectivity index (χ0) is 28.5. The number of anilines is 1. The second-order valence-electron chi connectivity index (χ2n) is 10.2. The summed E-state index contributed by atoms with van der Waals surface area (Å²) in [5, 5.41) is 24.1. The van der Waals surface area contributed by atoms with Crippen molar-refractivity contribution in [3.05, 3.63) is 65.2 Å². The summed E-state index contributed by atoms with van der Waals surface area (Å²) >= 11 is 0. The molecule has 1 fully saturated rings. The SMILES string of the molecule is CC1(C(=O)O)CCC(C(=O)NC(Cc2ccc(C(=O)Nc3ccccc3C(F)(F)F)cc2)C(=O)O)C1(C)C. The van der Waals surface area contributed by atoms with Crippen LogP contribution in [0.5, 0.6) is 0 Å². The van der Waals surface area contributed by atoms with Gasteiger partial charge in [-0.3, -0.25) is 14.4 Å². The van der Waals surface area contributed by atoms with E-state index >= 15 is 0 Å². The third-order valence-electron chi connectivity index (χ3n) is 7.77. The van der Waals surface area contributed by atoms with Gasteiger partial charge in [0.05, 0.1) is 16.7 Å². The van der Waals surface area contributed by atoms with E-state index in [1.807, 2.05) is 0 Å². The fraction of sp³-hybridized carbons (Fsp3) is 0.407. The summed E-state index contributed by atoms with van der Waals surface area (Å²) in [6.07, 6.45) is -4.19. The standard InChI is InChI=1S/C27H29F3N2O6/c1-25(2)18(12-13-26(25,3)24(37)38)22(34)32-20(23(35)36)14-15-8-10-16(11-9-15)21(33)31-19-7-5-4-6-17(19)27(28,29)30/h4-11,18,20H,12-14H2,1-3H3,(H,31,33)(H,32,34)(H,35,36)(H,37,38). The number of carboxylic acids is 2. The molecule has 0 radical (unpaired) electrons. The van der Waals surface area contributed by atoms with Crippen LogP contribution >= 0.6 is 0 Å². The lowest BCUT2D eigenvalue weighted by atomic mass is 9.65. The lowest BCUT2D eigenvalue weighted by Gasteiger charge is -2.38. The van der Waals surface area contributed by atoms with Crippen molar-refractivity contribution < 1.29 is 42.6 Å². The molecule has 0 spiro atoms. The number of carboxylic acid groups (broad SMARTS) is 2. The maximum absolute atomic E-state index is 13.2. The summed E-state index contributed by atoms with van der Waals surface area (Å²) in [6, 6.07) is 8.86. The molecule has 11 heteroatoms. The van der Waals surface area contributed by atoms with Crippen LogP contribution in [0.25, 0.3) is 0 Å². The second kappa shape index (κ2) is 10.5. The van der Waals surface area contributed by atoms with Crippen LogP contribution in [0.3, 0.4) is 0 Å². The van der Waals surface area contributed by atoms with Crippen LogP contribution in [0.2, 0.25) is 0 Å². The molecule has 8 nitrogen and oxygen atoms in total. The van der Waals surface area contributed by atoms with Crippen LogP contribution in [0, 0.1) is 16.7 Å². The van der Waals surface area contributed by atoms with E-state index in [1.165, 1.54) is 36.4 Å². The molecule has 0 aromatic heterocycles. The molecular formula is C27H29F3N2O6. The number of amides is 2. The molecule has 1 aliphatic carbocycles. The number of benzene rings is 2. The fourth-order valence-electron chi connectivity index (χ4n) is 4.88. The number of carbonyl (C=O) groups is 4. The Morgan fingerprint density at radius 2 is 1.61 bits per heavy atom. The minimum atomic E-state index is -4.65. The third kappa shape index (κ3) is 5.66. The third-order valence-corrected chi connectivity index (χ3v) is 7.77. The molecule has 0 saturated heterocycles. The van der Waals surface area contributed by atoms with Crippen molar-refractivity contribution in [3.8, 4) is 0 Å². The largest absolute Gasteiger partial charge is 0.481 e. The number of alkyl halides is 3. The number of halogens is 3. The van der Waals surface area contributed by atoms with Gasteiger partial charge in [-0.25, -0.2) is 4.79 Å². The van der Waals surface area contributed by atoms with Crippen molar-refractivity contribution >= 4 is 29.4 Å². The van der Waals surface area contributed by atoms with Gasteiger partial charge in [0.2, 0.25) is 5.91 Å². The number of carbonyl (C=O) groups excluding carboxylic acids is 2. The van der Waals surface area contributed by atoms with Crippen LogP contribution in [-0.4, -0.2) is 40.0 Å². The van der Waals surface area contributed by atoms with Crippen molar-refractivity contribution in [1.29, 1.82) is 0 Å². The summed E-state index contributed by atoms with van der Waals surface area (Å²) in [7, 11) is 0. The van der Waals surface area contributed by atoms with Crippen LogP contribution < -0.4 is 10.6 Å². The Kier molecular flexibility index (Phi) is 7.90. The van der Waals surface area contributed by atoms with Crippen molar-refractivity contribution in [3.63, 3.8) is 0 Å². The quantitative estimate of drug-likeness (QED) is 0.391. The molecule has 3 unspecified atom stereocenters. The molecule has 1 saturated carbocycles. The van der Waals surface area contributed by atoms with Crippen molar-refractivity contribution in [2.45, 2.75) is 52.3 Å². The Labute approximate surface area is 217 Å². The lowest BCUT2D eigenvalue weighted by molar-refractivity contribution is -0.155. The van der Waals surface area contributed by atoms with Crippen molar-refractivity contribution in [2.24, 2.45) is 16.7 Å². The molecule has 0 bridgehead atoms. The minimum Gasteiger partial charge on any atom is -0.481 e. The first kappa shape index (κ1) is 28.7. The van der Waals surface area contributed by atoms with E-state index in [0.717, 1.165) is 12.1 Å². The van der Waals surface area contributed by atoms with Crippen LogP contribution in [0.15, 0.2) is 48.5 Å². The summed E-state index contributed by atoms with van der Waals surface area (Å²) in [6.45, 7) is 4.95. The van der Waals surface area contributed by atoms with Gasteiger partial charge in [-0.2, -0.15) is 13.2 Å². The van der Waals surface area contributed by atoms with E-state index < -0.39 is 64.0 Å². The van der Waals surface area contributed by atoms with Crippen LogP contribution in [0.4, 0.5) is 18.9 Å². The van der Waals surface area contributed by atoms with Gasteiger partial charge in [0, 0.05) is 17.9 Å². The first-order valence-corrected chi connectivity index (χ1v) is 11.9. The van der Waals surface area contributed by atoms with Crippen molar-refractivity contribution in [1.82, 2.24) is 5.32 Å². The lowest BCUT2D eigenvalue weighted by Crippen LogP contribution is -2.49. The predicted octanol–water partition coefficient (Wildman–Crippen LogP) is 4.60. The number of hydrogen-bond acceptors (Lipinski definition) is 4. The monoisotopic (exact) mass is 534 g/mol. The smallest absolute Gasteiger partial charge is 0.418 e. The highest BCUT2D eigenvalue weighted by Gasteiger charge is 2.58. The van der Waals surface area contributed by atoms with E-state index in [1.54, 1.807) is 20.8 Å². The molecule has 1 aliphatic rings. The molecule has 3 rings (SSSR count). The molecule has 4 N–H and O–H groups in total. The minimum absolute atomic E-state index is 0.0577. The first-order valence-electron chi connectivity index (χ1n) is 11.9. The summed E-state index contributed by atoms with van der Waals surface area (Å²) < 4.78 is 39.6. The molecular weight excluding hydrogens is 505 g/mol. The predicted molar refractivity (Wildman–Crippen MR) is 131 cm³/mol. The van der Waals surface area contributed by atoms with Gasteiger partial charge in [0.15, 0.2) is 0 Å². The Morgan fingerprint density at radius 3 is 2.13 bits per heavy atom. The van der Waals surface area contributed by atoms with E-state index in [4.69, 9.17) is 0 Å². The topological polar surface area (TPSA) is 133 Å². The second-order valence-corrected chi connectivity index (χ2v) is 10.2. The first-order chi connectivity index (χ1) is 17.6. The number of aliphatic carboxylic acids is 2. The highest BCUT2D eigenvalue weighted by atomic mass is 19.4. The van der Waals surface area contributed by atoms with E-state index in [9.17, 15) is 42.6 Å². The van der Waals surface area contributed by atoms with Crippen LogP contribution in [-0.2, 0) is 27.0 Å². The number of rotatable bonds is 8. The molecule has 0 heterocycles. The summed E-state index contributed by atoms with van der Waals surface area (Å²) in [5.74, 6) is -4.33. The number of nitrogens with one attached hydrogen (secondary N) is 2. The van der Waals surface area contributed by atoms with Gasteiger partial charge in [0.25, 0.3) is 5.91 Å². The maximum Gasteiger partial charge on any atom is 0.418 e. The van der Waals surface area contributed by atoms with Gasteiger partial charge < -0.3 is 20.8 Å². The molecule has 0 aliphatic heterocycles. The maximum atomic E-state index is 13.2. The van der Waals surface area contributed by atoms with E-state index in [0.29, 0.717) is 12.0 Å². The normalized spacial score (nSPS) is 21.4. The molecule has 2 amide bonds. The van der Waals surface area contributed by atoms with Gasteiger partial charge >= 0.3 is 18.1 Å². The molecule has 3 atom stereocenters. The van der Waals surface area contributed by atoms with Gasteiger partial charge in [-0.05, 0) is 55.0 Å². The van der Waals surface area contributed by atoms with Crippen LogP contribution in [0.1, 0.15) is 55.1 Å². The van der Waals surface area contributed by atoms with Gasteiger partial charge in [0.1, 0.15) is 6.04 Å². The summed E-state index contributed by atoms with van der Waals surface area (Å²) in [4.78, 5) is 49.2. The van der Waals surface area contributed by atoms with Gasteiger partial charge in [-0.15, -0.1) is 0 Å². The Bertz CT molecular complexity index is 1240. The summed E-state index contributed by atoms with van der Waals surface area (Å²) in [5.41, 5.74) is -2.90. The highest BCUT2D eigenvalue weighted by molar-refractivity contribution is 6.04. The molecule has 2 aromatic rings. The average Bonchev–Trinajstić information content (AvgIpc) is 3.08. The zero-order valence-corrected chi connectivity index (χ0v) is 21.1. The highest BCUT2D eigenvalue weighted by Crippen LogP contribution is 2.56. The Hall–Kier alpha value is -3.89. The molecule has 2 aromatic carbocycles. The Morgan fingerprint density at radius 1 is 1.00 bits per heavy atom. The Balaban J connectivity index is 1.69.